The summed E-state index contributed by atoms with van der Waals surface area (Å²) in [5, 5.41) is 0. The van der Waals surface area contributed by atoms with E-state index in [4.69, 9.17) is 9.31 Å². The van der Waals surface area contributed by atoms with Crippen LogP contribution < -0.4 is 0 Å². The molecule has 1 fully saturated rings. The van der Waals surface area contributed by atoms with Crippen molar-refractivity contribution in [2.45, 2.75) is 51.6 Å². The van der Waals surface area contributed by atoms with Crippen molar-refractivity contribution in [3.8, 4) is 0 Å². The predicted octanol–water partition coefficient (Wildman–Crippen LogP) is 2.72. The number of aryl methyl sites for hydroxylation is 1. The van der Waals surface area contributed by atoms with E-state index in [1.54, 1.807) is 0 Å². The maximum atomic E-state index is 5.95. The summed E-state index contributed by atoms with van der Waals surface area (Å²) in [6.45, 7) is 8.33. The Bertz CT molecular complexity index is 362. The maximum absolute atomic E-state index is 5.95. The number of nitrogens with zero attached hydrogens (tertiary/aromatic N) is 1. The molecular weight excluding hydrogens is 213 g/mol. The van der Waals surface area contributed by atoms with Gasteiger partial charge in [-0.25, -0.2) is 0 Å². The molecule has 92 valence electrons. The molecule has 0 saturated carbocycles. The highest BCUT2D eigenvalue weighted by Crippen LogP contribution is 2.37. The lowest BCUT2D eigenvalue weighted by Crippen LogP contribution is -2.41. The SMILES string of the molecule is CC1(C)OB(CCc2ccncc2)OC1(C)C. The second-order valence-corrected chi connectivity index (χ2v) is 5.58. The Morgan fingerprint density at radius 3 is 2.12 bits per heavy atom. The molecule has 0 N–H and O–H groups in total. The number of hydrogen-bond donors (Lipinski definition) is 0. The lowest BCUT2D eigenvalue weighted by Gasteiger charge is -2.32. The van der Waals surface area contributed by atoms with Crippen LogP contribution in [0.3, 0.4) is 0 Å². The molecule has 1 aliphatic heterocycles. The minimum absolute atomic E-state index is 0.104. The van der Waals surface area contributed by atoms with Gasteiger partial charge in [-0.15, -0.1) is 0 Å². The van der Waals surface area contributed by atoms with Gasteiger partial charge in [0, 0.05) is 12.4 Å². The number of aromatic nitrogens is 1. The van der Waals surface area contributed by atoms with Gasteiger partial charge in [0.05, 0.1) is 11.2 Å². The Balaban J connectivity index is 1.91. The summed E-state index contributed by atoms with van der Waals surface area (Å²) < 4.78 is 11.9. The van der Waals surface area contributed by atoms with Crippen LogP contribution in [-0.2, 0) is 15.7 Å². The Hall–Kier alpha value is -0.865. The van der Waals surface area contributed by atoms with E-state index in [-0.39, 0.29) is 18.3 Å². The smallest absolute Gasteiger partial charge is 0.403 e. The molecule has 3 nitrogen and oxygen atoms in total. The Morgan fingerprint density at radius 2 is 1.59 bits per heavy atom. The molecule has 0 amide bonds. The first-order chi connectivity index (χ1) is 7.91. The zero-order chi connectivity index (χ0) is 12.5. The zero-order valence-electron chi connectivity index (χ0n) is 11.1. The summed E-state index contributed by atoms with van der Waals surface area (Å²) >= 11 is 0. The van der Waals surface area contributed by atoms with E-state index < -0.39 is 0 Å². The minimum atomic E-state index is -0.226. The summed E-state index contributed by atoms with van der Waals surface area (Å²) in [4.78, 5) is 4.01. The van der Waals surface area contributed by atoms with E-state index in [0.29, 0.717) is 0 Å². The normalized spacial score (nSPS) is 21.8. The van der Waals surface area contributed by atoms with E-state index in [2.05, 4.69) is 32.7 Å². The molecule has 2 heterocycles. The molecule has 0 bridgehead atoms. The molecule has 4 heteroatoms. The third kappa shape index (κ3) is 2.69. The van der Waals surface area contributed by atoms with Crippen molar-refractivity contribution in [1.29, 1.82) is 0 Å². The molecule has 0 unspecified atom stereocenters. The fourth-order valence-electron chi connectivity index (χ4n) is 1.92. The fraction of sp³-hybridized carbons (Fsp3) is 0.615. The number of pyridine rings is 1. The quantitative estimate of drug-likeness (QED) is 0.752. The van der Waals surface area contributed by atoms with Crippen LogP contribution in [0.15, 0.2) is 24.5 Å². The maximum Gasteiger partial charge on any atom is 0.458 e. The van der Waals surface area contributed by atoms with Crippen molar-refractivity contribution >= 4 is 7.12 Å². The van der Waals surface area contributed by atoms with E-state index in [9.17, 15) is 0 Å². The van der Waals surface area contributed by atoms with Crippen LogP contribution in [0.5, 0.6) is 0 Å². The average Bonchev–Trinajstić information content (AvgIpc) is 2.46. The first kappa shape index (κ1) is 12.6. The second-order valence-electron chi connectivity index (χ2n) is 5.58. The van der Waals surface area contributed by atoms with Crippen molar-refractivity contribution in [1.82, 2.24) is 4.98 Å². The Morgan fingerprint density at radius 1 is 1.06 bits per heavy atom. The first-order valence-corrected chi connectivity index (χ1v) is 6.15. The standard InChI is InChI=1S/C13H20BNO2/c1-12(2)13(3,4)17-14(16-12)8-5-11-6-9-15-10-7-11/h6-7,9-10H,5,8H2,1-4H3. The topological polar surface area (TPSA) is 31.4 Å². The van der Waals surface area contributed by atoms with Gasteiger partial charge in [0.15, 0.2) is 0 Å². The molecular formula is C13H20BNO2. The lowest BCUT2D eigenvalue weighted by atomic mass is 9.81. The molecule has 0 aliphatic carbocycles. The molecule has 0 atom stereocenters. The van der Waals surface area contributed by atoms with Crippen LogP contribution >= 0.6 is 0 Å². The molecule has 1 saturated heterocycles. The van der Waals surface area contributed by atoms with Gasteiger partial charge in [-0.1, -0.05) is 0 Å². The number of hydrogen-bond acceptors (Lipinski definition) is 3. The van der Waals surface area contributed by atoms with Crippen LogP contribution in [0.4, 0.5) is 0 Å². The van der Waals surface area contributed by atoms with E-state index >= 15 is 0 Å². The number of rotatable bonds is 3. The van der Waals surface area contributed by atoms with Crippen molar-refractivity contribution in [3.05, 3.63) is 30.1 Å². The summed E-state index contributed by atoms with van der Waals surface area (Å²) in [6.07, 6.45) is 5.48. The third-order valence-corrected chi connectivity index (χ3v) is 3.72. The highest BCUT2D eigenvalue weighted by molar-refractivity contribution is 6.45. The molecule has 1 aromatic rings. The average molecular weight is 233 g/mol. The van der Waals surface area contributed by atoms with Crippen molar-refractivity contribution in [3.63, 3.8) is 0 Å². The minimum Gasteiger partial charge on any atom is -0.403 e. The van der Waals surface area contributed by atoms with Gasteiger partial charge in [-0.05, 0) is 58.1 Å². The second kappa shape index (κ2) is 4.43. The van der Waals surface area contributed by atoms with Crippen LogP contribution in [0, 0.1) is 0 Å². The molecule has 1 aromatic heterocycles. The highest BCUT2D eigenvalue weighted by atomic mass is 16.7. The first-order valence-electron chi connectivity index (χ1n) is 6.15. The van der Waals surface area contributed by atoms with Crippen molar-refractivity contribution in [2.75, 3.05) is 0 Å². The molecule has 1 aliphatic rings. The molecule has 0 aromatic carbocycles. The van der Waals surface area contributed by atoms with Gasteiger partial charge in [-0.3, -0.25) is 4.98 Å². The van der Waals surface area contributed by atoms with Crippen LogP contribution in [-0.4, -0.2) is 23.3 Å². The van der Waals surface area contributed by atoms with Crippen LogP contribution in [0.1, 0.15) is 33.3 Å². The van der Waals surface area contributed by atoms with Crippen molar-refractivity contribution < 1.29 is 9.31 Å². The van der Waals surface area contributed by atoms with Gasteiger partial charge < -0.3 is 9.31 Å². The van der Waals surface area contributed by atoms with Gasteiger partial charge in [0.25, 0.3) is 0 Å². The van der Waals surface area contributed by atoms with Gasteiger partial charge in [0.2, 0.25) is 0 Å². The van der Waals surface area contributed by atoms with Crippen LogP contribution in [0.2, 0.25) is 6.32 Å². The summed E-state index contributed by atoms with van der Waals surface area (Å²) in [5.74, 6) is 0. The van der Waals surface area contributed by atoms with Crippen molar-refractivity contribution in [2.24, 2.45) is 0 Å². The zero-order valence-corrected chi connectivity index (χ0v) is 11.1. The predicted molar refractivity (Wildman–Crippen MR) is 68.8 cm³/mol. The van der Waals surface area contributed by atoms with E-state index in [0.717, 1.165) is 12.7 Å². The molecule has 17 heavy (non-hydrogen) atoms. The fourth-order valence-corrected chi connectivity index (χ4v) is 1.92. The van der Waals surface area contributed by atoms with Gasteiger partial charge in [-0.2, -0.15) is 0 Å². The third-order valence-electron chi connectivity index (χ3n) is 3.72. The Kier molecular flexibility index (Phi) is 3.28. The lowest BCUT2D eigenvalue weighted by molar-refractivity contribution is 0.00578. The van der Waals surface area contributed by atoms with E-state index in [1.807, 2.05) is 24.5 Å². The van der Waals surface area contributed by atoms with Gasteiger partial charge >= 0.3 is 7.12 Å². The summed E-state index contributed by atoms with van der Waals surface area (Å²) in [5.41, 5.74) is 0.820. The Labute approximate surface area is 104 Å². The van der Waals surface area contributed by atoms with E-state index in [1.165, 1.54) is 5.56 Å². The summed E-state index contributed by atoms with van der Waals surface area (Å²) in [6, 6.07) is 4.07. The summed E-state index contributed by atoms with van der Waals surface area (Å²) in [7, 11) is -0.104. The highest BCUT2D eigenvalue weighted by Gasteiger charge is 2.50. The largest absolute Gasteiger partial charge is 0.458 e. The molecule has 2 rings (SSSR count). The molecule has 0 radical (unpaired) electrons. The monoisotopic (exact) mass is 233 g/mol. The molecule has 0 spiro atoms. The van der Waals surface area contributed by atoms with Crippen LogP contribution in [0.25, 0.3) is 0 Å². The van der Waals surface area contributed by atoms with Gasteiger partial charge in [0.1, 0.15) is 0 Å².